The number of carbonyl (C=O) groups is 1. The van der Waals surface area contributed by atoms with Crippen molar-refractivity contribution in [2.45, 2.75) is 25.8 Å². The second kappa shape index (κ2) is 11.1. The molecule has 0 spiro atoms. The van der Waals surface area contributed by atoms with Gasteiger partial charge in [-0.3, -0.25) is 14.6 Å². The van der Waals surface area contributed by atoms with E-state index < -0.39 is 0 Å². The van der Waals surface area contributed by atoms with Crippen LogP contribution in [-0.4, -0.2) is 64.9 Å². The standard InChI is InChI=1S/C26H33N5O/c1-21-28-20-24(29-21)12-13-25(32)27-14-15-30-16-18-31(19-17-30)26(22-8-4-2-5-9-22)23-10-6-3-7-11-23/h2-11,20,26H,12-19H2,1H3,(H,27,32)(H,28,29). The molecule has 1 aliphatic heterocycles. The molecule has 6 heteroatoms. The lowest BCUT2D eigenvalue weighted by molar-refractivity contribution is -0.121. The third-order valence-corrected chi connectivity index (χ3v) is 6.13. The van der Waals surface area contributed by atoms with Crippen molar-refractivity contribution in [1.82, 2.24) is 25.1 Å². The topological polar surface area (TPSA) is 64.3 Å². The summed E-state index contributed by atoms with van der Waals surface area (Å²) < 4.78 is 0. The molecule has 2 N–H and O–H groups in total. The quantitative estimate of drug-likeness (QED) is 0.546. The molecule has 0 aliphatic carbocycles. The number of aryl methyl sites for hydroxylation is 2. The molecule has 0 radical (unpaired) electrons. The lowest BCUT2D eigenvalue weighted by Gasteiger charge is -2.39. The zero-order valence-corrected chi connectivity index (χ0v) is 18.8. The molecule has 0 bridgehead atoms. The minimum atomic E-state index is 0.101. The smallest absolute Gasteiger partial charge is 0.220 e. The predicted molar refractivity (Wildman–Crippen MR) is 127 cm³/mol. The molecule has 0 unspecified atom stereocenters. The van der Waals surface area contributed by atoms with E-state index in [1.807, 2.05) is 6.92 Å². The van der Waals surface area contributed by atoms with Crippen molar-refractivity contribution in [2.75, 3.05) is 39.3 Å². The van der Waals surface area contributed by atoms with E-state index in [-0.39, 0.29) is 11.9 Å². The highest BCUT2D eigenvalue weighted by Gasteiger charge is 2.26. The van der Waals surface area contributed by atoms with E-state index in [0.717, 1.165) is 44.2 Å². The van der Waals surface area contributed by atoms with Crippen molar-refractivity contribution in [3.8, 4) is 0 Å². The minimum Gasteiger partial charge on any atom is -0.355 e. The Morgan fingerprint density at radius 2 is 1.62 bits per heavy atom. The third-order valence-electron chi connectivity index (χ3n) is 6.13. The molecule has 0 saturated carbocycles. The number of aromatic nitrogens is 2. The van der Waals surface area contributed by atoms with Crippen molar-refractivity contribution in [2.24, 2.45) is 0 Å². The fourth-order valence-corrected chi connectivity index (χ4v) is 4.42. The normalized spacial score (nSPS) is 15.2. The number of carbonyl (C=O) groups excluding carboxylic acids is 1. The number of nitrogens with zero attached hydrogens (tertiary/aromatic N) is 3. The van der Waals surface area contributed by atoms with Crippen LogP contribution < -0.4 is 5.32 Å². The molecule has 2 aromatic carbocycles. The number of nitrogens with one attached hydrogen (secondary N) is 2. The van der Waals surface area contributed by atoms with Gasteiger partial charge in [0, 0.05) is 57.6 Å². The first-order valence-electron chi connectivity index (χ1n) is 11.5. The van der Waals surface area contributed by atoms with Crippen molar-refractivity contribution in [1.29, 1.82) is 0 Å². The summed E-state index contributed by atoms with van der Waals surface area (Å²) in [7, 11) is 0. The first kappa shape index (κ1) is 22.2. The van der Waals surface area contributed by atoms with E-state index in [4.69, 9.17) is 0 Å². The van der Waals surface area contributed by atoms with Gasteiger partial charge in [-0.05, 0) is 24.5 Å². The Hall–Kier alpha value is -2.96. The molecule has 3 aromatic rings. The molecule has 1 saturated heterocycles. The van der Waals surface area contributed by atoms with Gasteiger partial charge < -0.3 is 10.3 Å². The van der Waals surface area contributed by atoms with E-state index in [0.29, 0.717) is 19.4 Å². The Bertz CT molecular complexity index is 925. The van der Waals surface area contributed by atoms with Gasteiger partial charge in [0.05, 0.1) is 6.04 Å². The molecule has 1 amide bonds. The number of H-pyrrole nitrogens is 1. The number of benzene rings is 2. The second-order valence-corrected chi connectivity index (χ2v) is 8.45. The zero-order chi connectivity index (χ0) is 22.2. The van der Waals surface area contributed by atoms with Crippen LogP contribution in [0.1, 0.15) is 35.1 Å². The number of hydrogen-bond donors (Lipinski definition) is 2. The van der Waals surface area contributed by atoms with E-state index >= 15 is 0 Å². The van der Waals surface area contributed by atoms with Crippen molar-refractivity contribution in [3.63, 3.8) is 0 Å². The van der Waals surface area contributed by atoms with Gasteiger partial charge >= 0.3 is 0 Å². The third kappa shape index (κ3) is 6.05. The van der Waals surface area contributed by atoms with Crippen LogP contribution in [0.2, 0.25) is 0 Å². The monoisotopic (exact) mass is 431 g/mol. The lowest BCUT2D eigenvalue weighted by Crippen LogP contribution is -2.49. The molecule has 0 atom stereocenters. The fourth-order valence-electron chi connectivity index (χ4n) is 4.42. The summed E-state index contributed by atoms with van der Waals surface area (Å²) in [6.07, 6.45) is 3.00. The van der Waals surface area contributed by atoms with Crippen molar-refractivity contribution in [3.05, 3.63) is 89.5 Å². The Morgan fingerprint density at radius 3 is 2.19 bits per heavy atom. The Balaban J connectivity index is 1.23. The summed E-state index contributed by atoms with van der Waals surface area (Å²) >= 11 is 0. The number of piperazine rings is 1. The largest absolute Gasteiger partial charge is 0.355 e. The van der Waals surface area contributed by atoms with E-state index in [9.17, 15) is 4.79 Å². The zero-order valence-electron chi connectivity index (χ0n) is 18.8. The highest BCUT2D eigenvalue weighted by atomic mass is 16.1. The molecule has 1 aliphatic rings. The summed E-state index contributed by atoms with van der Waals surface area (Å²) in [5.74, 6) is 0.991. The van der Waals surface area contributed by atoms with Gasteiger partial charge in [0.1, 0.15) is 5.82 Å². The number of rotatable bonds is 9. The average Bonchev–Trinajstić information content (AvgIpc) is 3.25. The van der Waals surface area contributed by atoms with Gasteiger partial charge in [0.25, 0.3) is 0 Å². The first-order chi connectivity index (χ1) is 15.7. The van der Waals surface area contributed by atoms with Gasteiger partial charge in [0.2, 0.25) is 5.91 Å². The van der Waals surface area contributed by atoms with Gasteiger partial charge in [-0.1, -0.05) is 60.7 Å². The highest BCUT2D eigenvalue weighted by molar-refractivity contribution is 5.76. The molecule has 1 aromatic heterocycles. The number of imidazole rings is 1. The summed E-state index contributed by atoms with van der Waals surface area (Å²) in [6, 6.07) is 21.8. The molecular weight excluding hydrogens is 398 g/mol. The van der Waals surface area contributed by atoms with Crippen LogP contribution in [0.5, 0.6) is 0 Å². The molecular formula is C26H33N5O. The maximum Gasteiger partial charge on any atom is 0.220 e. The molecule has 168 valence electrons. The number of aromatic amines is 1. The maximum atomic E-state index is 12.1. The Labute approximate surface area is 190 Å². The Kier molecular flexibility index (Phi) is 7.69. The SMILES string of the molecule is Cc1ncc(CCC(=O)NCCN2CCN(C(c3ccccc3)c3ccccc3)CC2)[nH]1. The molecule has 32 heavy (non-hydrogen) atoms. The van der Waals surface area contributed by atoms with E-state index in [1.54, 1.807) is 6.20 Å². The van der Waals surface area contributed by atoms with Crippen LogP contribution in [0.3, 0.4) is 0 Å². The van der Waals surface area contributed by atoms with Crippen LogP contribution in [0.15, 0.2) is 66.9 Å². The average molecular weight is 432 g/mol. The van der Waals surface area contributed by atoms with Gasteiger partial charge in [-0.2, -0.15) is 0 Å². The second-order valence-electron chi connectivity index (χ2n) is 8.45. The van der Waals surface area contributed by atoms with E-state index in [1.165, 1.54) is 11.1 Å². The fraction of sp³-hybridized carbons (Fsp3) is 0.385. The predicted octanol–water partition coefficient (Wildman–Crippen LogP) is 3.17. The number of amides is 1. The van der Waals surface area contributed by atoms with Crippen molar-refractivity contribution >= 4 is 5.91 Å². The van der Waals surface area contributed by atoms with E-state index in [2.05, 4.69) is 85.7 Å². The van der Waals surface area contributed by atoms with Gasteiger partial charge in [0.15, 0.2) is 0 Å². The molecule has 2 heterocycles. The summed E-state index contributed by atoms with van der Waals surface area (Å²) in [6.45, 7) is 7.57. The van der Waals surface area contributed by atoms with Crippen LogP contribution >= 0.6 is 0 Å². The van der Waals surface area contributed by atoms with Crippen LogP contribution in [0.4, 0.5) is 0 Å². The molecule has 6 nitrogen and oxygen atoms in total. The lowest BCUT2D eigenvalue weighted by atomic mass is 9.96. The first-order valence-corrected chi connectivity index (χ1v) is 11.5. The maximum absolute atomic E-state index is 12.1. The van der Waals surface area contributed by atoms with Crippen LogP contribution in [0.25, 0.3) is 0 Å². The highest BCUT2D eigenvalue weighted by Crippen LogP contribution is 2.29. The summed E-state index contributed by atoms with van der Waals surface area (Å²) in [5, 5.41) is 3.06. The van der Waals surface area contributed by atoms with Crippen molar-refractivity contribution < 1.29 is 4.79 Å². The van der Waals surface area contributed by atoms with Gasteiger partial charge in [-0.25, -0.2) is 4.98 Å². The van der Waals surface area contributed by atoms with Gasteiger partial charge in [-0.15, -0.1) is 0 Å². The summed E-state index contributed by atoms with van der Waals surface area (Å²) in [5.41, 5.74) is 3.69. The Morgan fingerprint density at radius 1 is 1.00 bits per heavy atom. The number of hydrogen-bond acceptors (Lipinski definition) is 4. The van der Waals surface area contributed by atoms with Crippen LogP contribution in [-0.2, 0) is 11.2 Å². The molecule has 1 fully saturated rings. The summed E-state index contributed by atoms with van der Waals surface area (Å²) in [4.78, 5) is 24.5. The minimum absolute atomic E-state index is 0.101. The van der Waals surface area contributed by atoms with Crippen LogP contribution in [0, 0.1) is 6.92 Å². The molecule has 4 rings (SSSR count).